The van der Waals surface area contributed by atoms with Crippen molar-refractivity contribution in [3.8, 4) is 67.2 Å². The average molecular weight is 1540 g/mol. The minimum atomic E-state index is -0.125. The van der Waals surface area contributed by atoms with Crippen LogP contribution in [0.4, 0.5) is 0 Å². The van der Waals surface area contributed by atoms with E-state index in [4.69, 9.17) is 20.3 Å². The quantitative estimate of drug-likeness (QED) is 0.0840. The molecule has 0 atom stereocenters. The molecule has 3 aromatic heterocycles. The van der Waals surface area contributed by atoms with Crippen LogP contribution in [0.15, 0.2) is 230 Å². The maximum absolute atomic E-state index is 10.0. The Labute approximate surface area is 486 Å². The Morgan fingerprint density at radius 2 is 0.908 bits per heavy atom. The van der Waals surface area contributed by atoms with E-state index < -0.39 is 0 Å². The Morgan fingerprint density at radius 1 is 0.408 bits per heavy atom. The summed E-state index contributed by atoms with van der Waals surface area (Å²) in [4.78, 5) is 43.4. The molecular formula is C64H56Ir3N3O6-3. The monoisotopic (exact) mass is 1540 g/mol. The second-order valence-corrected chi connectivity index (χ2v) is 16.4. The molecule has 4 aromatic rings. The Kier molecular flexibility index (Phi) is 29.2. The number of nitrogens with zero attached hydrogens (tertiary/aromatic N) is 3. The molecular weight excluding hydrogens is 1480 g/mol. The zero-order chi connectivity index (χ0) is 52.5. The van der Waals surface area contributed by atoms with Gasteiger partial charge in [0.05, 0.1) is 22.8 Å². The van der Waals surface area contributed by atoms with E-state index >= 15 is 0 Å². The number of ketones is 3. The molecule has 12 heteroatoms. The summed E-state index contributed by atoms with van der Waals surface area (Å²) in [6.07, 6.45) is 7.11. The SMILES string of the molecule is CC(=O)C=C(C)O.CC(=O)C=C(C)O.CC(=O)C=C(C)O.[Ir].[Ir].[Ir].[c-]1c2cccccc-2cc1-c1ccc2ccccc2n1.[c-]1cc2cccc-2ccc1-c1ccccn1.[c-]1ccc2cccc-2cc1-c1ccccn1. The van der Waals surface area contributed by atoms with Crippen LogP contribution in [0, 0.1) is 18.2 Å². The van der Waals surface area contributed by atoms with Crippen LogP contribution in [0.1, 0.15) is 41.5 Å². The summed E-state index contributed by atoms with van der Waals surface area (Å²) in [7, 11) is 0. The van der Waals surface area contributed by atoms with E-state index in [9.17, 15) is 14.4 Å². The molecule has 3 radical (unpaired) electrons. The van der Waals surface area contributed by atoms with Gasteiger partial charge < -0.3 is 25.3 Å². The van der Waals surface area contributed by atoms with E-state index in [0.717, 1.165) is 44.9 Å². The smallest absolute Gasteiger partial charge is 0.155 e. The van der Waals surface area contributed by atoms with Gasteiger partial charge in [0.15, 0.2) is 17.3 Å². The molecule has 0 aliphatic heterocycles. The molecule has 6 aliphatic rings. The maximum Gasteiger partial charge on any atom is 0.155 e. The van der Waals surface area contributed by atoms with Gasteiger partial charge in [0, 0.05) is 96.6 Å². The zero-order valence-electron chi connectivity index (χ0n) is 42.6. The number of aliphatic hydroxyl groups is 3. The summed E-state index contributed by atoms with van der Waals surface area (Å²) >= 11 is 0. The number of carbonyl (C=O) groups is 3. The number of allylic oxidation sites excluding steroid dienone is 6. The molecule has 393 valence electrons. The largest absolute Gasteiger partial charge is 0.512 e. The zero-order valence-corrected chi connectivity index (χ0v) is 49.8. The van der Waals surface area contributed by atoms with Gasteiger partial charge >= 0.3 is 0 Å². The van der Waals surface area contributed by atoms with Crippen molar-refractivity contribution in [2.45, 2.75) is 41.5 Å². The van der Waals surface area contributed by atoms with Gasteiger partial charge in [-0.25, -0.2) is 0 Å². The molecule has 0 saturated heterocycles. The van der Waals surface area contributed by atoms with E-state index in [1.54, 1.807) is 12.4 Å². The first-order chi connectivity index (χ1) is 35.1. The molecule has 10 rings (SSSR count). The number of benzene rings is 1. The molecule has 76 heavy (non-hydrogen) atoms. The van der Waals surface area contributed by atoms with Crippen LogP contribution in [0.2, 0.25) is 0 Å². The van der Waals surface area contributed by atoms with Crippen molar-refractivity contribution in [1.82, 2.24) is 15.0 Å². The number of pyridine rings is 3. The van der Waals surface area contributed by atoms with Crippen molar-refractivity contribution in [1.29, 1.82) is 0 Å². The van der Waals surface area contributed by atoms with Crippen LogP contribution >= 0.6 is 0 Å². The number of carbonyl (C=O) groups excluding carboxylic acids is 3. The van der Waals surface area contributed by atoms with Gasteiger partial charge in [-0.1, -0.05) is 138 Å². The van der Waals surface area contributed by atoms with Gasteiger partial charge in [0.2, 0.25) is 0 Å². The third-order valence-electron chi connectivity index (χ3n) is 10.0. The van der Waals surface area contributed by atoms with Crippen molar-refractivity contribution in [3.63, 3.8) is 0 Å². The molecule has 0 fully saturated rings. The van der Waals surface area contributed by atoms with Crippen LogP contribution in [-0.2, 0) is 74.7 Å². The fourth-order valence-electron chi connectivity index (χ4n) is 6.98. The van der Waals surface area contributed by atoms with Crippen LogP contribution in [0.25, 0.3) is 78.1 Å². The third kappa shape index (κ3) is 22.6. The minimum Gasteiger partial charge on any atom is -0.512 e. The van der Waals surface area contributed by atoms with E-state index in [1.165, 1.54) is 93.0 Å². The fourth-order valence-corrected chi connectivity index (χ4v) is 6.98. The van der Waals surface area contributed by atoms with Gasteiger partial charge in [-0.15, -0.1) is 94.5 Å². The number of aliphatic hydroxyl groups excluding tert-OH is 3. The molecule has 9 nitrogen and oxygen atoms in total. The molecule has 1 aromatic carbocycles. The predicted molar refractivity (Wildman–Crippen MR) is 294 cm³/mol. The molecule has 0 amide bonds. The Hall–Kier alpha value is -7.39. The van der Waals surface area contributed by atoms with Crippen molar-refractivity contribution < 1.29 is 90.0 Å². The maximum atomic E-state index is 10.0. The van der Waals surface area contributed by atoms with E-state index in [-0.39, 0.29) is 94.9 Å². The average Bonchev–Trinajstić information content (AvgIpc) is 3.99. The standard InChI is InChI=1S/C19H12N.2C15H10N.3C5H8O2.3Ir/c1-2-7-15-12-17(13-16(15)8-3-1)19-11-10-14-6-4-5-9-18(14)20-19;1-2-10-16-15(9-1)14-8-4-6-12-5-3-7-13(12)11-14;1-2-11-16-15(6-1)14-9-7-12-4-3-5-13(12)8-10-14;3*1-4(6)3-5(2)7;;;/h1-12H;1-7,9-11H;1-9,11H;3*3,6H,1-2H3;;;/q3*-1;;;;;;. The first-order valence-electron chi connectivity index (χ1n) is 23.2. The van der Waals surface area contributed by atoms with E-state index in [2.05, 4.69) is 125 Å². The first kappa shape index (κ1) is 64.7. The number of hydrogen-bond donors (Lipinski definition) is 3. The van der Waals surface area contributed by atoms with E-state index in [1.807, 2.05) is 84.9 Å². The van der Waals surface area contributed by atoms with Crippen LogP contribution in [-0.4, -0.2) is 47.6 Å². The van der Waals surface area contributed by atoms with Gasteiger partial charge in [0.25, 0.3) is 0 Å². The number of para-hydroxylation sites is 1. The predicted octanol–water partition coefficient (Wildman–Crippen LogP) is 15.2. The molecule has 3 heterocycles. The summed E-state index contributed by atoms with van der Waals surface area (Å²) in [6.45, 7) is 8.54. The number of fused-ring (bicyclic) bond motifs is 4. The minimum absolute atomic E-state index is 0. The fraction of sp³-hybridized carbons (Fsp3) is 0.0938. The van der Waals surface area contributed by atoms with E-state index in [0.29, 0.717) is 0 Å². The summed E-state index contributed by atoms with van der Waals surface area (Å²) in [5, 5.41) is 26.3. The number of aromatic nitrogens is 3. The summed E-state index contributed by atoms with van der Waals surface area (Å²) in [6, 6.07) is 71.4. The third-order valence-corrected chi connectivity index (χ3v) is 10.0. The Bertz CT molecular complexity index is 3220. The topological polar surface area (TPSA) is 151 Å². The molecule has 6 aliphatic carbocycles. The van der Waals surface area contributed by atoms with Gasteiger partial charge in [-0.2, -0.15) is 0 Å². The Morgan fingerprint density at radius 3 is 1.47 bits per heavy atom. The number of hydrogen-bond acceptors (Lipinski definition) is 9. The molecule has 3 N–H and O–H groups in total. The summed E-state index contributed by atoms with van der Waals surface area (Å²) in [5.74, 6) is -0.187. The van der Waals surface area contributed by atoms with Crippen molar-refractivity contribution in [2.75, 3.05) is 0 Å². The van der Waals surface area contributed by atoms with Crippen molar-refractivity contribution >= 4 is 28.3 Å². The van der Waals surface area contributed by atoms with Crippen LogP contribution in [0.5, 0.6) is 0 Å². The van der Waals surface area contributed by atoms with Gasteiger partial charge in [-0.05, 0) is 76.5 Å². The second kappa shape index (κ2) is 34.2. The molecule has 0 saturated carbocycles. The normalized spacial score (nSPS) is 10.5. The van der Waals surface area contributed by atoms with Crippen molar-refractivity contribution in [3.05, 3.63) is 248 Å². The Balaban J connectivity index is 0.000000326. The van der Waals surface area contributed by atoms with Gasteiger partial charge in [0.1, 0.15) is 0 Å². The summed E-state index contributed by atoms with van der Waals surface area (Å²) in [5.41, 5.74) is 14.2. The van der Waals surface area contributed by atoms with Gasteiger partial charge in [-0.3, -0.25) is 19.4 Å². The first-order valence-corrected chi connectivity index (χ1v) is 23.2. The summed E-state index contributed by atoms with van der Waals surface area (Å²) < 4.78 is 0. The van der Waals surface area contributed by atoms with Crippen LogP contribution < -0.4 is 0 Å². The molecule has 0 unspecified atom stereocenters. The number of rotatable bonds is 6. The van der Waals surface area contributed by atoms with Crippen molar-refractivity contribution in [2.24, 2.45) is 0 Å². The second-order valence-electron chi connectivity index (χ2n) is 16.4. The van der Waals surface area contributed by atoms with Crippen LogP contribution in [0.3, 0.4) is 0 Å². The molecule has 0 bridgehead atoms. The molecule has 0 spiro atoms.